The number of hydrogen-bond donors (Lipinski definition) is 1. The first-order valence-corrected chi connectivity index (χ1v) is 9.88. The van der Waals surface area contributed by atoms with Gasteiger partial charge in [-0.15, -0.1) is 0 Å². The predicted molar refractivity (Wildman–Crippen MR) is 85.3 cm³/mol. The molecule has 0 bridgehead atoms. The van der Waals surface area contributed by atoms with Gasteiger partial charge in [0.2, 0.25) is 15.9 Å². The number of hydrogen-bond acceptors (Lipinski definition) is 4. The number of aliphatic carboxylic acids is 1. The van der Waals surface area contributed by atoms with Crippen LogP contribution in [0.3, 0.4) is 0 Å². The summed E-state index contributed by atoms with van der Waals surface area (Å²) in [5.74, 6) is -1.93. The molecule has 8 heteroatoms. The zero-order chi connectivity index (χ0) is 17.2. The molecule has 2 aliphatic rings. The van der Waals surface area contributed by atoms with Gasteiger partial charge in [0.15, 0.2) is 0 Å². The van der Waals surface area contributed by atoms with Crippen molar-refractivity contribution in [2.45, 2.75) is 45.6 Å². The monoisotopic (exact) mass is 346 g/mol. The van der Waals surface area contributed by atoms with Crippen LogP contribution in [0.25, 0.3) is 0 Å². The molecule has 0 aromatic heterocycles. The first-order valence-electron chi connectivity index (χ1n) is 8.27. The van der Waals surface area contributed by atoms with Crippen LogP contribution in [0.4, 0.5) is 0 Å². The Balaban J connectivity index is 2.06. The molecule has 7 nitrogen and oxygen atoms in total. The Morgan fingerprint density at radius 2 is 1.96 bits per heavy atom. The maximum Gasteiger partial charge on any atom is 0.308 e. The van der Waals surface area contributed by atoms with E-state index in [0.717, 1.165) is 12.8 Å². The Morgan fingerprint density at radius 3 is 2.48 bits per heavy atom. The van der Waals surface area contributed by atoms with Gasteiger partial charge in [0.05, 0.1) is 17.6 Å². The smallest absolute Gasteiger partial charge is 0.308 e. The quantitative estimate of drug-likeness (QED) is 0.734. The van der Waals surface area contributed by atoms with Crippen molar-refractivity contribution in [2.75, 3.05) is 25.4 Å². The van der Waals surface area contributed by atoms with Gasteiger partial charge in [-0.25, -0.2) is 12.7 Å². The lowest BCUT2D eigenvalue weighted by atomic mass is 9.97. The molecule has 1 N–H and O–H groups in total. The molecule has 1 saturated heterocycles. The second-order valence-corrected chi connectivity index (χ2v) is 8.82. The fourth-order valence-electron chi connectivity index (χ4n) is 2.99. The number of carboxylic acids is 1. The van der Waals surface area contributed by atoms with E-state index in [4.69, 9.17) is 5.11 Å². The van der Waals surface area contributed by atoms with Crippen molar-refractivity contribution in [3.63, 3.8) is 0 Å². The van der Waals surface area contributed by atoms with E-state index in [0.29, 0.717) is 19.4 Å². The minimum atomic E-state index is -3.29. The zero-order valence-electron chi connectivity index (χ0n) is 13.8. The number of nitrogens with zero attached hydrogens (tertiary/aromatic N) is 2. The zero-order valence-corrected chi connectivity index (χ0v) is 14.6. The van der Waals surface area contributed by atoms with Crippen molar-refractivity contribution in [1.29, 1.82) is 0 Å². The summed E-state index contributed by atoms with van der Waals surface area (Å²) >= 11 is 0. The summed E-state index contributed by atoms with van der Waals surface area (Å²) in [6.07, 6.45) is 3.14. The van der Waals surface area contributed by atoms with Crippen molar-refractivity contribution >= 4 is 21.9 Å². The molecule has 1 aliphatic heterocycles. The SMILES string of the molecule is CCS(=O)(=O)N1CCCC(C(=O)N(CC(C)C(=O)O)C2CC2)C1. The molecule has 2 fully saturated rings. The second kappa shape index (κ2) is 7.17. The van der Waals surface area contributed by atoms with Gasteiger partial charge < -0.3 is 10.0 Å². The van der Waals surface area contributed by atoms with Crippen molar-refractivity contribution in [2.24, 2.45) is 11.8 Å². The van der Waals surface area contributed by atoms with Gasteiger partial charge in [-0.2, -0.15) is 0 Å². The average molecular weight is 346 g/mol. The fourth-order valence-corrected chi connectivity index (χ4v) is 4.17. The number of carbonyl (C=O) groups is 2. The Labute approximate surface area is 137 Å². The van der Waals surface area contributed by atoms with Gasteiger partial charge in [-0.05, 0) is 32.6 Å². The highest BCUT2D eigenvalue weighted by molar-refractivity contribution is 7.89. The van der Waals surface area contributed by atoms with Crippen LogP contribution in [-0.2, 0) is 19.6 Å². The summed E-state index contributed by atoms with van der Waals surface area (Å²) in [6, 6.07) is 0.127. The lowest BCUT2D eigenvalue weighted by Crippen LogP contribution is -2.49. The Kier molecular flexibility index (Phi) is 5.67. The summed E-state index contributed by atoms with van der Waals surface area (Å²) in [7, 11) is -3.29. The fraction of sp³-hybridized carbons (Fsp3) is 0.867. The van der Waals surface area contributed by atoms with Gasteiger partial charge >= 0.3 is 5.97 Å². The van der Waals surface area contributed by atoms with Crippen molar-refractivity contribution in [1.82, 2.24) is 9.21 Å². The largest absolute Gasteiger partial charge is 0.481 e. The van der Waals surface area contributed by atoms with E-state index in [1.54, 1.807) is 18.7 Å². The van der Waals surface area contributed by atoms with Crippen LogP contribution in [0.5, 0.6) is 0 Å². The van der Waals surface area contributed by atoms with Gasteiger partial charge in [0.25, 0.3) is 0 Å². The highest BCUT2D eigenvalue weighted by atomic mass is 32.2. The summed E-state index contributed by atoms with van der Waals surface area (Å²) in [5.41, 5.74) is 0. The predicted octanol–water partition coefficient (Wildman–Crippen LogP) is 0.760. The molecular weight excluding hydrogens is 320 g/mol. The molecule has 1 heterocycles. The summed E-state index contributed by atoms with van der Waals surface area (Å²) in [5, 5.41) is 9.08. The van der Waals surface area contributed by atoms with Crippen LogP contribution in [0.2, 0.25) is 0 Å². The molecule has 1 saturated carbocycles. The average Bonchev–Trinajstić information content (AvgIpc) is 3.36. The van der Waals surface area contributed by atoms with Crippen LogP contribution in [0.1, 0.15) is 39.5 Å². The van der Waals surface area contributed by atoms with Crippen molar-refractivity contribution < 1.29 is 23.1 Å². The number of sulfonamides is 1. The van der Waals surface area contributed by atoms with Gasteiger partial charge in [0.1, 0.15) is 0 Å². The number of carboxylic acid groups (broad SMARTS) is 1. The maximum absolute atomic E-state index is 12.8. The maximum atomic E-state index is 12.8. The van der Waals surface area contributed by atoms with E-state index in [2.05, 4.69) is 0 Å². The van der Waals surface area contributed by atoms with E-state index >= 15 is 0 Å². The lowest BCUT2D eigenvalue weighted by molar-refractivity contribution is -0.144. The molecule has 0 aromatic carbocycles. The molecular formula is C15H26N2O5S. The molecule has 2 rings (SSSR count). The Morgan fingerprint density at radius 1 is 1.30 bits per heavy atom. The first kappa shape index (κ1) is 18.2. The van der Waals surface area contributed by atoms with Gasteiger partial charge in [0, 0.05) is 25.7 Å². The Hall–Kier alpha value is -1.15. The molecule has 2 atom stereocenters. The molecule has 132 valence electrons. The number of rotatable bonds is 7. The summed E-state index contributed by atoms with van der Waals surface area (Å²) in [6.45, 7) is 4.09. The second-order valence-electron chi connectivity index (χ2n) is 6.56. The third kappa shape index (κ3) is 4.44. The van der Waals surface area contributed by atoms with E-state index in [1.807, 2.05) is 0 Å². The van der Waals surface area contributed by atoms with Crippen LogP contribution >= 0.6 is 0 Å². The topological polar surface area (TPSA) is 95.0 Å². The lowest BCUT2D eigenvalue weighted by Gasteiger charge is -2.35. The highest BCUT2D eigenvalue weighted by Crippen LogP contribution is 2.31. The third-order valence-corrected chi connectivity index (χ3v) is 6.50. The molecule has 2 unspecified atom stereocenters. The molecule has 1 amide bonds. The van der Waals surface area contributed by atoms with Crippen LogP contribution in [-0.4, -0.2) is 66.0 Å². The molecule has 0 aromatic rings. The molecule has 0 spiro atoms. The van der Waals surface area contributed by atoms with E-state index in [-0.39, 0.29) is 36.7 Å². The summed E-state index contributed by atoms with van der Waals surface area (Å²) < 4.78 is 25.5. The van der Waals surface area contributed by atoms with E-state index in [1.165, 1.54) is 4.31 Å². The van der Waals surface area contributed by atoms with Gasteiger partial charge in [-0.1, -0.05) is 6.92 Å². The highest BCUT2D eigenvalue weighted by Gasteiger charge is 2.39. The van der Waals surface area contributed by atoms with E-state index < -0.39 is 21.9 Å². The van der Waals surface area contributed by atoms with Crippen molar-refractivity contribution in [3.8, 4) is 0 Å². The first-order chi connectivity index (χ1) is 10.8. The number of amides is 1. The molecule has 0 radical (unpaired) electrons. The van der Waals surface area contributed by atoms with Gasteiger partial charge in [-0.3, -0.25) is 9.59 Å². The molecule has 1 aliphatic carbocycles. The normalized spacial score (nSPS) is 24.2. The molecule has 23 heavy (non-hydrogen) atoms. The van der Waals surface area contributed by atoms with Crippen LogP contribution in [0.15, 0.2) is 0 Å². The minimum absolute atomic E-state index is 0.0380. The standard InChI is InChI=1S/C15H26N2O5S/c1-3-23(21,22)16-8-4-5-12(10-16)14(18)17(13-6-7-13)9-11(2)15(19)20/h11-13H,3-10H2,1-2H3,(H,19,20). The van der Waals surface area contributed by atoms with Crippen LogP contribution in [0, 0.1) is 11.8 Å². The summed E-state index contributed by atoms with van der Waals surface area (Å²) in [4.78, 5) is 25.6. The van der Waals surface area contributed by atoms with E-state index in [9.17, 15) is 18.0 Å². The van der Waals surface area contributed by atoms with Crippen molar-refractivity contribution in [3.05, 3.63) is 0 Å². The number of piperidine rings is 1. The van der Waals surface area contributed by atoms with Crippen LogP contribution < -0.4 is 0 Å². The minimum Gasteiger partial charge on any atom is -0.481 e. The number of carbonyl (C=O) groups excluding carboxylic acids is 1. The third-order valence-electron chi connectivity index (χ3n) is 4.65. The Bertz CT molecular complexity index is 558.